The Labute approximate surface area is 92.3 Å². The monoisotopic (exact) mass is 213 g/mol. The molecule has 0 radical (unpaired) electrons. The Morgan fingerprint density at radius 1 is 1.20 bits per heavy atom. The average molecular weight is 213 g/mol. The fourth-order valence-corrected chi connectivity index (χ4v) is 2.98. The van der Waals surface area contributed by atoms with Gasteiger partial charge in [0.1, 0.15) is 0 Å². The average Bonchev–Trinajstić information content (AvgIpc) is 2.77. The van der Waals surface area contributed by atoms with Crippen molar-refractivity contribution in [3.63, 3.8) is 0 Å². The zero-order valence-corrected chi connectivity index (χ0v) is 9.65. The van der Waals surface area contributed by atoms with Gasteiger partial charge in [-0.15, -0.1) is 0 Å². The highest BCUT2D eigenvalue weighted by atomic mass is 16.5. The van der Waals surface area contributed by atoms with Crippen molar-refractivity contribution in [2.24, 2.45) is 17.6 Å². The van der Waals surface area contributed by atoms with E-state index in [0.717, 1.165) is 45.5 Å². The first-order valence-electron chi connectivity index (χ1n) is 6.28. The van der Waals surface area contributed by atoms with Gasteiger partial charge in [-0.1, -0.05) is 6.92 Å². The summed E-state index contributed by atoms with van der Waals surface area (Å²) in [5.41, 5.74) is 6.38. The molecule has 3 heteroatoms. The minimum atomic E-state index is 0.321. The zero-order valence-electron chi connectivity index (χ0n) is 9.65. The molecule has 0 aliphatic carbocycles. The summed E-state index contributed by atoms with van der Waals surface area (Å²) in [6.45, 7) is 4.88. The maximum Gasteiger partial charge on any atom is 0.0616 e. The van der Waals surface area contributed by atoms with Crippen LogP contribution in [0.5, 0.6) is 0 Å². The normalized spacial score (nSPS) is 35.6. The molecule has 2 aliphatic heterocycles. The summed E-state index contributed by atoms with van der Waals surface area (Å²) in [7, 11) is 0. The second kappa shape index (κ2) is 5.28. The highest BCUT2D eigenvalue weighted by Gasteiger charge is 2.35. The van der Waals surface area contributed by atoms with Crippen molar-refractivity contribution in [3.05, 3.63) is 0 Å². The molecule has 0 saturated carbocycles. The van der Waals surface area contributed by atoms with Crippen LogP contribution in [0.1, 0.15) is 32.6 Å². The Kier molecular flexibility index (Phi) is 4.00. The van der Waals surface area contributed by atoms with Gasteiger partial charge in [-0.2, -0.15) is 0 Å². The van der Waals surface area contributed by atoms with Gasteiger partial charge in [0.2, 0.25) is 0 Å². The van der Waals surface area contributed by atoms with Gasteiger partial charge in [-0.3, -0.25) is 0 Å². The first-order valence-corrected chi connectivity index (χ1v) is 6.28. The topological polar surface area (TPSA) is 44.5 Å². The molecule has 2 heterocycles. The molecular weight excluding hydrogens is 190 g/mol. The van der Waals surface area contributed by atoms with Gasteiger partial charge < -0.3 is 15.2 Å². The molecule has 2 rings (SSSR count). The standard InChI is InChI=1S/C12H23NO2/c1-2-11-10(5-8-15-11)12(13)9-3-6-14-7-4-9/h9-12H,2-8,13H2,1H3. The molecule has 0 bridgehead atoms. The molecule has 0 amide bonds. The van der Waals surface area contributed by atoms with Gasteiger partial charge >= 0.3 is 0 Å². The van der Waals surface area contributed by atoms with Gasteiger partial charge in [-0.25, -0.2) is 0 Å². The first-order chi connectivity index (χ1) is 7.33. The fraction of sp³-hybridized carbons (Fsp3) is 1.00. The van der Waals surface area contributed by atoms with E-state index in [1.54, 1.807) is 0 Å². The number of nitrogens with two attached hydrogens (primary N) is 1. The minimum absolute atomic E-state index is 0.321. The summed E-state index contributed by atoms with van der Waals surface area (Å²) < 4.78 is 11.1. The molecule has 15 heavy (non-hydrogen) atoms. The van der Waals surface area contributed by atoms with Crippen LogP contribution in [0.3, 0.4) is 0 Å². The molecule has 3 atom stereocenters. The van der Waals surface area contributed by atoms with Gasteiger partial charge in [0.15, 0.2) is 0 Å². The SMILES string of the molecule is CCC1OCCC1C(N)C1CCOCC1. The first kappa shape index (κ1) is 11.4. The molecule has 0 spiro atoms. The van der Waals surface area contributed by atoms with Crippen LogP contribution in [0.4, 0.5) is 0 Å². The summed E-state index contributed by atoms with van der Waals surface area (Å²) in [6.07, 6.45) is 4.92. The summed E-state index contributed by atoms with van der Waals surface area (Å²) in [5.74, 6) is 1.23. The molecule has 3 nitrogen and oxygen atoms in total. The van der Waals surface area contributed by atoms with Crippen LogP contribution in [0, 0.1) is 11.8 Å². The van der Waals surface area contributed by atoms with Crippen LogP contribution in [-0.4, -0.2) is 32.0 Å². The van der Waals surface area contributed by atoms with Crippen LogP contribution in [-0.2, 0) is 9.47 Å². The van der Waals surface area contributed by atoms with Gasteiger partial charge in [0.05, 0.1) is 6.10 Å². The van der Waals surface area contributed by atoms with Crippen LogP contribution >= 0.6 is 0 Å². The summed E-state index contributed by atoms with van der Waals surface area (Å²) in [5, 5.41) is 0. The molecule has 2 saturated heterocycles. The van der Waals surface area contributed by atoms with E-state index in [2.05, 4.69) is 6.92 Å². The zero-order chi connectivity index (χ0) is 10.7. The molecule has 2 aliphatic rings. The van der Waals surface area contributed by atoms with Gasteiger partial charge in [0, 0.05) is 31.8 Å². The predicted octanol–water partition coefficient (Wildman–Crippen LogP) is 1.56. The fourth-order valence-electron chi connectivity index (χ4n) is 2.98. The van der Waals surface area contributed by atoms with E-state index in [0.29, 0.717) is 24.0 Å². The quantitative estimate of drug-likeness (QED) is 0.773. The van der Waals surface area contributed by atoms with E-state index in [-0.39, 0.29) is 0 Å². The highest BCUT2D eigenvalue weighted by molar-refractivity contribution is 4.88. The van der Waals surface area contributed by atoms with Crippen LogP contribution < -0.4 is 5.73 Å². The molecule has 3 unspecified atom stereocenters. The van der Waals surface area contributed by atoms with Crippen molar-refractivity contribution >= 4 is 0 Å². The molecular formula is C12H23NO2. The van der Waals surface area contributed by atoms with E-state index in [1.807, 2.05) is 0 Å². The highest BCUT2D eigenvalue weighted by Crippen LogP contribution is 2.31. The number of rotatable bonds is 3. The van der Waals surface area contributed by atoms with E-state index in [9.17, 15) is 0 Å². The van der Waals surface area contributed by atoms with E-state index >= 15 is 0 Å². The van der Waals surface area contributed by atoms with Crippen molar-refractivity contribution in [3.8, 4) is 0 Å². The van der Waals surface area contributed by atoms with Crippen molar-refractivity contribution in [2.75, 3.05) is 19.8 Å². The van der Waals surface area contributed by atoms with E-state index < -0.39 is 0 Å². The number of ether oxygens (including phenoxy) is 2. The second-order valence-electron chi connectivity index (χ2n) is 4.80. The largest absolute Gasteiger partial charge is 0.381 e. The summed E-state index contributed by atoms with van der Waals surface area (Å²) >= 11 is 0. The maximum absolute atomic E-state index is 6.38. The smallest absolute Gasteiger partial charge is 0.0616 e. The summed E-state index contributed by atoms with van der Waals surface area (Å²) in [6, 6.07) is 0.321. The lowest BCUT2D eigenvalue weighted by atomic mass is 9.80. The molecule has 2 fully saturated rings. The van der Waals surface area contributed by atoms with Crippen LogP contribution in [0.25, 0.3) is 0 Å². The minimum Gasteiger partial charge on any atom is -0.381 e. The second-order valence-corrected chi connectivity index (χ2v) is 4.80. The number of hydrogen-bond acceptors (Lipinski definition) is 3. The Hall–Kier alpha value is -0.120. The Balaban J connectivity index is 1.90. The van der Waals surface area contributed by atoms with Crippen LogP contribution in [0.15, 0.2) is 0 Å². The lowest BCUT2D eigenvalue weighted by Gasteiger charge is -2.33. The Morgan fingerprint density at radius 2 is 1.93 bits per heavy atom. The lowest BCUT2D eigenvalue weighted by Crippen LogP contribution is -2.43. The van der Waals surface area contributed by atoms with Crippen molar-refractivity contribution in [1.82, 2.24) is 0 Å². The lowest BCUT2D eigenvalue weighted by molar-refractivity contribution is 0.0347. The number of hydrogen-bond donors (Lipinski definition) is 1. The van der Waals surface area contributed by atoms with Crippen molar-refractivity contribution in [1.29, 1.82) is 0 Å². The van der Waals surface area contributed by atoms with Gasteiger partial charge in [-0.05, 0) is 31.6 Å². The third-order valence-electron chi connectivity index (χ3n) is 3.97. The van der Waals surface area contributed by atoms with Crippen molar-refractivity contribution < 1.29 is 9.47 Å². The Bertz CT molecular complexity index is 192. The molecule has 88 valence electrons. The van der Waals surface area contributed by atoms with E-state index in [1.165, 1.54) is 0 Å². The predicted molar refractivity (Wildman–Crippen MR) is 59.7 cm³/mol. The molecule has 0 aromatic heterocycles. The molecule has 2 N–H and O–H groups in total. The third kappa shape index (κ3) is 2.52. The van der Waals surface area contributed by atoms with E-state index in [4.69, 9.17) is 15.2 Å². The van der Waals surface area contributed by atoms with Crippen molar-refractivity contribution in [2.45, 2.75) is 44.8 Å². The third-order valence-corrected chi connectivity index (χ3v) is 3.97. The van der Waals surface area contributed by atoms with Crippen LogP contribution in [0.2, 0.25) is 0 Å². The summed E-state index contributed by atoms with van der Waals surface area (Å²) in [4.78, 5) is 0. The molecule has 0 aromatic carbocycles. The van der Waals surface area contributed by atoms with Gasteiger partial charge in [0.25, 0.3) is 0 Å². The molecule has 0 aromatic rings. The maximum atomic E-state index is 6.38. The Morgan fingerprint density at radius 3 is 2.60 bits per heavy atom.